The second-order valence-electron chi connectivity index (χ2n) is 7.52. The fraction of sp³-hybridized carbons (Fsp3) is 0.348. The van der Waals surface area contributed by atoms with Crippen molar-refractivity contribution in [1.82, 2.24) is 4.90 Å². The number of carbonyl (C=O) groups is 1. The lowest BCUT2D eigenvalue weighted by atomic mass is 9.94. The van der Waals surface area contributed by atoms with Crippen LogP contribution in [-0.4, -0.2) is 52.3 Å². The first-order chi connectivity index (χ1) is 14.3. The van der Waals surface area contributed by atoms with E-state index >= 15 is 0 Å². The lowest BCUT2D eigenvalue weighted by Crippen LogP contribution is -2.28. The van der Waals surface area contributed by atoms with Crippen molar-refractivity contribution in [1.29, 1.82) is 0 Å². The van der Waals surface area contributed by atoms with Gasteiger partial charge in [0.2, 0.25) is 6.41 Å². The molecule has 2 aromatic carbocycles. The van der Waals surface area contributed by atoms with Crippen LogP contribution in [0.2, 0.25) is 0 Å². The number of rotatable bonds is 7. The van der Waals surface area contributed by atoms with Crippen molar-refractivity contribution >= 4 is 21.8 Å². The largest absolute Gasteiger partial charge is 0.487 e. The van der Waals surface area contributed by atoms with Crippen molar-refractivity contribution in [3.05, 3.63) is 65.4 Å². The lowest BCUT2D eigenvalue weighted by Gasteiger charge is -2.26. The Morgan fingerprint density at radius 1 is 1.20 bits per heavy atom. The Kier molecular flexibility index (Phi) is 6.95. The molecule has 1 saturated heterocycles. The van der Waals surface area contributed by atoms with E-state index in [9.17, 15) is 13.2 Å². The molecule has 1 aliphatic heterocycles. The summed E-state index contributed by atoms with van der Waals surface area (Å²) < 4.78 is 36.3. The van der Waals surface area contributed by atoms with E-state index in [4.69, 9.17) is 9.47 Å². The normalized spacial score (nSPS) is 17.4. The third-order valence-corrected chi connectivity index (χ3v) is 6.13. The highest BCUT2D eigenvalue weighted by molar-refractivity contribution is 7.90. The van der Waals surface area contributed by atoms with Crippen LogP contribution >= 0.6 is 0 Å². The number of hydrogen-bond acceptors (Lipinski definition) is 5. The van der Waals surface area contributed by atoms with Gasteiger partial charge in [0, 0.05) is 37.2 Å². The van der Waals surface area contributed by atoms with E-state index in [2.05, 4.69) is 0 Å². The standard InChI is InChI=1S/C23H27NO5S/c1-17-7-4-5-9-20(17)22(14-24(2)16-25)21-13-19(30(3,26)27)10-11-23(21)29-18-8-6-12-28-15-18/h4-5,7,9-11,13-14,16,18H,6,8,12,15H2,1-3H3/b22-14+. The van der Waals surface area contributed by atoms with Crippen LogP contribution in [0.3, 0.4) is 0 Å². The zero-order chi connectivity index (χ0) is 21.7. The zero-order valence-electron chi connectivity index (χ0n) is 17.5. The molecule has 1 atom stereocenters. The van der Waals surface area contributed by atoms with Crippen molar-refractivity contribution in [2.45, 2.75) is 30.8 Å². The van der Waals surface area contributed by atoms with Gasteiger partial charge < -0.3 is 14.4 Å². The Balaban J connectivity index is 2.19. The van der Waals surface area contributed by atoms with E-state index in [1.807, 2.05) is 31.2 Å². The molecular formula is C23H27NO5S. The van der Waals surface area contributed by atoms with Gasteiger partial charge in [-0.3, -0.25) is 4.79 Å². The molecule has 0 aromatic heterocycles. The second kappa shape index (κ2) is 9.45. The quantitative estimate of drug-likeness (QED) is 0.631. The van der Waals surface area contributed by atoms with Crippen LogP contribution in [0.25, 0.3) is 5.57 Å². The van der Waals surface area contributed by atoms with Crippen LogP contribution in [0.5, 0.6) is 5.75 Å². The van der Waals surface area contributed by atoms with E-state index in [1.165, 1.54) is 11.2 Å². The van der Waals surface area contributed by atoms with Crippen LogP contribution in [-0.2, 0) is 19.4 Å². The summed E-state index contributed by atoms with van der Waals surface area (Å²) in [5.41, 5.74) is 3.22. The van der Waals surface area contributed by atoms with E-state index < -0.39 is 9.84 Å². The number of benzene rings is 2. The van der Waals surface area contributed by atoms with Gasteiger partial charge in [-0.15, -0.1) is 0 Å². The minimum Gasteiger partial charge on any atom is -0.487 e. The van der Waals surface area contributed by atoms with Crippen LogP contribution in [0, 0.1) is 6.92 Å². The molecule has 160 valence electrons. The topological polar surface area (TPSA) is 72.9 Å². The van der Waals surface area contributed by atoms with Crippen LogP contribution < -0.4 is 4.74 Å². The van der Waals surface area contributed by atoms with Gasteiger partial charge in [0.25, 0.3) is 0 Å². The van der Waals surface area contributed by atoms with Crippen molar-refractivity contribution in [2.75, 3.05) is 26.5 Å². The molecule has 1 amide bonds. The Labute approximate surface area is 178 Å². The number of aryl methyl sites for hydroxylation is 1. The molecule has 1 heterocycles. The Morgan fingerprint density at radius 2 is 1.97 bits per heavy atom. The molecule has 30 heavy (non-hydrogen) atoms. The minimum absolute atomic E-state index is 0.108. The van der Waals surface area contributed by atoms with Gasteiger partial charge in [0.15, 0.2) is 9.84 Å². The molecule has 0 saturated carbocycles. The predicted molar refractivity (Wildman–Crippen MR) is 116 cm³/mol. The molecule has 0 spiro atoms. The summed E-state index contributed by atoms with van der Waals surface area (Å²) in [6, 6.07) is 12.6. The maximum Gasteiger partial charge on any atom is 0.213 e. The fourth-order valence-corrected chi connectivity index (χ4v) is 4.08. The molecule has 7 heteroatoms. The minimum atomic E-state index is -3.43. The molecule has 6 nitrogen and oxygen atoms in total. The first-order valence-electron chi connectivity index (χ1n) is 9.83. The Bertz CT molecular complexity index is 1040. The number of carbonyl (C=O) groups excluding carboxylic acids is 1. The van der Waals surface area contributed by atoms with E-state index in [0.717, 1.165) is 30.6 Å². The van der Waals surface area contributed by atoms with Gasteiger partial charge in [-0.05, 0) is 49.1 Å². The number of hydrogen-bond donors (Lipinski definition) is 0. The molecule has 1 fully saturated rings. The number of amides is 1. The maximum absolute atomic E-state index is 12.2. The highest BCUT2D eigenvalue weighted by atomic mass is 32.2. The SMILES string of the molecule is Cc1ccccc1/C(=C\N(C)C=O)c1cc(S(C)(=O)=O)ccc1OC1CCCOC1. The Hall–Kier alpha value is -2.64. The summed E-state index contributed by atoms with van der Waals surface area (Å²) >= 11 is 0. The van der Waals surface area contributed by atoms with Gasteiger partial charge in [-0.1, -0.05) is 24.3 Å². The number of sulfone groups is 1. The summed E-state index contributed by atoms with van der Waals surface area (Å²) in [5, 5.41) is 0. The molecular weight excluding hydrogens is 402 g/mol. The van der Waals surface area contributed by atoms with Crippen LogP contribution in [0.1, 0.15) is 29.5 Å². The number of nitrogens with zero attached hydrogens (tertiary/aromatic N) is 1. The van der Waals surface area contributed by atoms with E-state index in [-0.39, 0.29) is 11.0 Å². The maximum atomic E-state index is 12.2. The van der Waals surface area contributed by atoms with Crippen LogP contribution in [0.4, 0.5) is 0 Å². The van der Waals surface area contributed by atoms with Gasteiger partial charge >= 0.3 is 0 Å². The molecule has 0 bridgehead atoms. The summed E-state index contributed by atoms with van der Waals surface area (Å²) in [7, 11) is -1.79. The van der Waals surface area contributed by atoms with Gasteiger partial charge in [-0.2, -0.15) is 0 Å². The van der Waals surface area contributed by atoms with Gasteiger partial charge in [0.05, 0.1) is 11.5 Å². The molecule has 2 aromatic rings. The summed E-state index contributed by atoms with van der Waals surface area (Å²) in [4.78, 5) is 13.0. The summed E-state index contributed by atoms with van der Waals surface area (Å²) in [6.07, 6.45) is 5.25. The number of ether oxygens (including phenoxy) is 2. The van der Waals surface area contributed by atoms with Crippen molar-refractivity contribution in [2.24, 2.45) is 0 Å². The molecule has 0 N–H and O–H groups in total. The van der Waals surface area contributed by atoms with Crippen LogP contribution in [0.15, 0.2) is 53.6 Å². The Morgan fingerprint density at radius 3 is 2.60 bits per heavy atom. The molecule has 0 aliphatic carbocycles. The van der Waals surface area contributed by atoms with Gasteiger partial charge in [0.1, 0.15) is 11.9 Å². The van der Waals surface area contributed by atoms with Gasteiger partial charge in [-0.25, -0.2) is 8.42 Å². The zero-order valence-corrected chi connectivity index (χ0v) is 18.3. The monoisotopic (exact) mass is 429 g/mol. The molecule has 0 radical (unpaired) electrons. The first kappa shape index (κ1) is 22.1. The molecule has 1 unspecified atom stereocenters. The molecule has 3 rings (SSSR count). The van der Waals surface area contributed by atoms with Crippen molar-refractivity contribution in [3.8, 4) is 5.75 Å². The summed E-state index contributed by atoms with van der Waals surface area (Å²) in [6.45, 7) is 3.18. The second-order valence-corrected chi connectivity index (χ2v) is 9.53. The average molecular weight is 430 g/mol. The van der Waals surface area contributed by atoms with E-state index in [1.54, 1.807) is 31.4 Å². The van der Waals surface area contributed by atoms with E-state index in [0.29, 0.717) is 29.9 Å². The summed E-state index contributed by atoms with van der Waals surface area (Å²) in [5.74, 6) is 0.562. The third-order valence-electron chi connectivity index (χ3n) is 5.02. The fourth-order valence-electron chi connectivity index (χ4n) is 3.43. The highest BCUT2D eigenvalue weighted by Crippen LogP contribution is 2.36. The predicted octanol–water partition coefficient (Wildman–Crippen LogP) is 3.43. The third kappa shape index (κ3) is 5.29. The molecule has 1 aliphatic rings. The van der Waals surface area contributed by atoms with Crippen molar-refractivity contribution in [3.63, 3.8) is 0 Å². The first-order valence-corrected chi connectivity index (χ1v) is 11.7. The average Bonchev–Trinajstić information content (AvgIpc) is 2.73. The highest BCUT2D eigenvalue weighted by Gasteiger charge is 2.22. The lowest BCUT2D eigenvalue weighted by molar-refractivity contribution is -0.114. The smallest absolute Gasteiger partial charge is 0.213 e. The van der Waals surface area contributed by atoms with Crippen molar-refractivity contribution < 1.29 is 22.7 Å².